The number of rotatable bonds is 7. The lowest BCUT2D eigenvalue weighted by atomic mass is 9.90. The van der Waals surface area contributed by atoms with E-state index in [-0.39, 0.29) is 27.3 Å². The first-order valence-electron chi connectivity index (χ1n) is 12.8. The van der Waals surface area contributed by atoms with Crippen LogP contribution in [-0.4, -0.2) is 43.8 Å². The van der Waals surface area contributed by atoms with Crippen LogP contribution >= 0.6 is 0 Å². The van der Waals surface area contributed by atoms with Gasteiger partial charge in [0.1, 0.15) is 0 Å². The summed E-state index contributed by atoms with van der Waals surface area (Å²) in [5, 5.41) is 0.388. The molecular weight excluding hydrogens is 469 g/mol. The van der Waals surface area contributed by atoms with Crippen LogP contribution in [0.3, 0.4) is 0 Å². The average Bonchev–Trinajstić information content (AvgIpc) is 2.59. The molecule has 0 aliphatic heterocycles. The quantitative estimate of drug-likeness (QED) is 0.190. The Labute approximate surface area is 215 Å². The van der Waals surface area contributed by atoms with Gasteiger partial charge in [-0.15, -0.1) is 6.42 Å². The summed E-state index contributed by atoms with van der Waals surface area (Å²) in [5.41, 5.74) is 2.17. The van der Waals surface area contributed by atoms with E-state index in [2.05, 4.69) is 120 Å². The molecule has 34 heavy (non-hydrogen) atoms. The molecule has 6 heteroatoms. The zero-order chi connectivity index (χ0) is 27.0. The third-order valence-corrected chi connectivity index (χ3v) is 22.1. The molecule has 0 saturated carbocycles. The minimum Gasteiger partial charge on any atom is -0.413 e. The number of hydrogen-bond donors (Lipinski definition) is 0. The Kier molecular flexibility index (Phi) is 9.77. The maximum Gasteiger partial charge on any atom is 0.193 e. The molecule has 0 heterocycles. The molecule has 0 aromatic rings. The van der Waals surface area contributed by atoms with Crippen LogP contribution in [0.1, 0.15) is 68.7 Å². The van der Waals surface area contributed by atoms with Gasteiger partial charge in [-0.05, 0) is 66.0 Å². The molecule has 0 amide bonds. The average molecular weight is 523 g/mol. The van der Waals surface area contributed by atoms with Crippen LogP contribution in [-0.2, 0) is 13.3 Å². The van der Waals surface area contributed by atoms with Crippen molar-refractivity contribution in [3.05, 3.63) is 23.3 Å². The number of terminal acetylenes is 1. The van der Waals surface area contributed by atoms with Crippen molar-refractivity contribution in [3.8, 4) is 12.3 Å². The Bertz CT molecular complexity index is 810. The fourth-order valence-corrected chi connectivity index (χ4v) is 6.41. The lowest BCUT2D eigenvalue weighted by Crippen LogP contribution is -2.49. The molecular formula is C28H54O3Si3. The lowest BCUT2D eigenvalue weighted by Gasteiger charge is -2.45. The molecule has 0 bridgehead atoms. The highest BCUT2D eigenvalue weighted by atomic mass is 28.4. The highest BCUT2D eigenvalue weighted by Crippen LogP contribution is 2.43. The molecule has 0 spiro atoms. The highest BCUT2D eigenvalue weighted by Gasteiger charge is 2.45. The second kappa shape index (κ2) is 10.5. The first kappa shape index (κ1) is 31.6. The molecule has 3 nitrogen and oxygen atoms in total. The van der Waals surface area contributed by atoms with Crippen molar-refractivity contribution in [2.24, 2.45) is 0 Å². The van der Waals surface area contributed by atoms with Crippen LogP contribution < -0.4 is 0 Å². The molecule has 0 aromatic carbocycles. The normalized spacial score (nSPS) is 22.5. The maximum atomic E-state index is 6.99. The van der Waals surface area contributed by atoms with Crippen LogP contribution in [0, 0.1) is 12.3 Å². The van der Waals surface area contributed by atoms with E-state index in [4.69, 9.17) is 19.7 Å². The lowest BCUT2D eigenvalue weighted by molar-refractivity contribution is 0.161. The van der Waals surface area contributed by atoms with Crippen molar-refractivity contribution in [1.29, 1.82) is 0 Å². The summed E-state index contributed by atoms with van der Waals surface area (Å²) in [5.74, 6) is 2.91. The molecule has 0 saturated heterocycles. The summed E-state index contributed by atoms with van der Waals surface area (Å²) in [6, 6.07) is 0. The van der Waals surface area contributed by atoms with Gasteiger partial charge in [0.05, 0.1) is 18.8 Å². The minimum atomic E-state index is -2.04. The van der Waals surface area contributed by atoms with Crippen molar-refractivity contribution >= 4 is 25.0 Å². The third kappa shape index (κ3) is 7.78. The topological polar surface area (TPSA) is 27.7 Å². The molecule has 1 rings (SSSR count). The van der Waals surface area contributed by atoms with Crippen molar-refractivity contribution in [1.82, 2.24) is 0 Å². The van der Waals surface area contributed by atoms with Crippen LogP contribution in [0.2, 0.25) is 54.4 Å². The van der Waals surface area contributed by atoms with Gasteiger partial charge in [-0.3, -0.25) is 0 Å². The van der Waals surface area contributed by atoms with E-state index < -0.39 is 25.0 Å². The zero-order valence-corrected chi connectivity index (χ0v) is 28.0. The van der Waals surface area contributed by atoms with E-state index in [9.17, 15) is 0 Å². The molecule has 1 aliphatic carbocycles. The Morgan fingerprint density at radius 1 is 0.824 bits per heavy atom. The Hall–Kier alpha value is -0.429. The van der Waals surface area contributed by atoms with Gasteiger partial charge < -0.3 is 13.3 Å². The van der Waals surface area contributed by atoms with E-state index in [1.54, 1.807) is 0 Å². The largest absolute Gasteiger partial charge is 0.413 e. The summed E-state index contributed by atoms with van der Waals surface area (Å²) < 4.78 is 20.5. The summed E-state index contributed by atoms with van der Waals surface area (Å²) in [4.78, 5) is 0. The highest BCUT2D eigenvalue weighted by molar-refractivity contribution is 6.75. The smallest absolute Gasteiger partial charge is 0.193 e. The molecule has 0 fully saturated rings. The van der Waals surface area contributed by atoms with Gasteiger partial charge in [-0.1, -0.05) is 74.3 Å². The second-order valence-corrected chi connectivity index (χ2v) is 28.8. The van der Waals surface area contributed by atoms with E-state index in [1.807, 2.05) is 0 Å². The van der Waals surface area contributed by atoms with Crippen LogP contribution in [0.15, 0.2) is 23.3 Å². The fourth-order valence-electron chi connectivity index (χ4n) is 3.00. The van der Waals surface area contributed by atoms with Gasteiger partial charge >= 0.3 is 0 Å². The Balaban J connectivity index is 3.48. The van der Waals surface area contributed by atoms with Gasteiger partial charge in [0.15, 0.2) is 25.0 Å². The molecule has 0 unspecified atom stereocenters. The number of hydrogen-bond acceptors (Lipinski definition) is 3. The van der Waals surface area contributed by atoms with Crippen molar-refractivity contribution < 1.29 is 13.3 Å². The van der Waals surface area contributed by atoms with E-state index in [1.165, 1.54) is 5.57 Å². The Morgan fingerprint density at radius 2 is 1.26 bits per heavy atom. The maximum absolute atomic E-state index is 6.99. The van der Waals surface area contributed by atoms with Crippen molar-refractivity contribution in [2.75, 3.05) is 6.61 Å². The minimum absolute atomic E-state index is 0.0743. The summed E-state index contributed by atoms with van der Waals surface area (Å²) in [7, 11) is -5.92. The van der Waals surface area contributed by atoms with Gasteiger partial charge in [0.25, 0.3) is 0 Å². The zero-order valence-electron chi connectivity index (χ0n) is 25.0. The van der Waals surface area contributed by atoms with Gasteiger partial charge in [-0.2, -0.15) is 0 Å². The Morgan fingerprint density at radius 3 is 1.68 bits per heavy atom. The first-order valence-corrected chi connectivity index (χ1v) is 21.5. The fraction of sp³-hybridized carbons (Fsp3) is 0.786. The van der Waals surface area contributed by atoms with E-state index in [0.29, 0.717) is 6.61 Å². The molecule has 2 atom stereocenters. The van der Waals surface area contributed by atoms with E-state index >= 15 is 0 Å². The van der Waals surface area contributed by atoms with E-state index in [0.717, 1.165) is 12.0 Å². The van der Waals surface area contributed by atoms with Crippen molar-refractivity contribution in [2.45, 2.75) is 135 Å². The SMILES string of the molecule is C#CC1=C[C@@H](O[Si](C)(C)C(C)(C)C)/C(=C/CO[Si](C)(C)C(C)(C)C)[C@H](O[Si](C)(C)C(C)(C)C)C1. The summed E-state index contributed by atoms with van der Waals surface area (Å²) >= 11 is 0. The standard InChI is InChI=1S/C28H54O3Si3/c1-17-22-20-24(30-33(13,14)27(5,6)7)23(18-19-29-32(11,12)26(2,3)4)25(21-22)31-34(15,16)28(8,9)10/h1,18,20,24-25H,19,21H2,2-16H3/b23-18-/t24-,25-/m1/s1. The molecule has 0 N–H and O–H groups in total. The van der Waals surface area contributed by atoms with Gasteiger partial charge in [0, 0.05) is 12.0 Å². The summed E-state index contributed by atoms with van der Waals surface area (Å²) in [6.45, 7) is 35.0. The predicted molar refractivity (Wildman–Crippen MR) is 157 cm³/mol. The first-order chi connectivity index (χ1) is 15.0. The van der Waals surface area contributed by atoms with Gasteiger partial charge in [0.2, 0.25) is 0 Å². The van der Waals surface area contributed by atoms with Crippen molar-refractivity contribution in [3.63, 3.8) is 0 Å². The predicted octanol–water partition coefficient (Wildman–Crippen LogP) is 8.68. The monoisotopic (exact) mass is 522 g/mol. The molecule has 196 valence electrons. The van der Waals surface area contributed by atoms with Crippen LogP contribution in [0.4, 0.5) is 0 Å². The van der Waals surface area contributed by atoms with Gasteiger partial charge in [-0.25, -0.2) is 0 Å². The molecule has 0 aromatic heterocycles. The molecule has 1 aliphatic rings. The molecule has 0 radical (unpaired) electrons. The van der Waals surface area contributed by atoms with Crippen LogP contribution in [0.25, 0.3) is 0 Å². The van der Waals surface area contributed by atoms with Crippen LogP contribution in [0.5, 0.6) is 0 Å². The third-order valence-electron chi connectivity index (χ3n) is 8.68. The second-order valence-electron chi connectivity index (χ2n) is 14.5. The summed E-state index contributed by atoms with van der Waals surface area (Å²) in [6.07, 6.45) is 10.8.